The molecule has 1 aromatic heterocycles. The van der Waals surface area contributed by atoms with E-state index in [-0.39, 0.29) is 6.04 Å². The van der Waals surface area contributed by atoms with Crippen LogP contribution >= 0.6 is 0 Å². The molecule has 1 aromatic rings. The summed E-state index contributed by atoms with van der Waals surface area (Å²) in [7, 11) is 0. The molecule has 1 aliphatic heterocycles. The Morgan fingerprint density at radius 1 is 1.55 bits per heavy atom. The van der Waals surface area contributed by atoms with Gasteiger partial charge in [-0.05, 0) is 32.4 Å². The van der Waals surface area contributed by atoms with Crippen LogP contribution in [0.4, 0.5) is 4.79 Å². The fourth-order valence-corrected chi connectivity index (χ4v) is 1.96. The molecule has 1 saturated heterocycles. The van der Waals surface area contributed by atoms with Crippen molar-refractivity contribution in [2.45, 2.75) is 38.8 Å². The fourth-order valence-electron chi connectivity index (χ4n) is 1.96. The molecule has 1 amide bonds. The molecule has 0 radical (unpaired) electrons. The monoisotopic (exact) mass is 275 g/mol. The minimum absolute atomic E-state index is 0.273. The number of hydrogen-bond donors (Lipinski definition) is 0. The highest BCUT2D eigenvalue weighted by Crippen LogP contribution is 2.31. The molecule has 1 aliphatic rings. The smallest absolute Gasteiger partial charge is 0.435 e. The van der Waals surface area contributed by atoms with E-state index in [4.69, 9.17) is 14.8 Å². The first-order valence-corrected chi connectivity index (χ1v) is 6.41. The van der Waals surface area contributed by atoms with E-state index in [2.05, 4.69) is 4.98 Å². The summed E-state index contributed by atoms with van der Waals surface area (Å²) in [4.78, 5) is 21.5. The van der Waals surface area contributed by atoms with Gasteiger partial charge in [-0.15, -0.1) is 0 Å². The summed E-state index contributed by atoms with van der Waals surface area (Å²) in [6.45, 7) is 5.83. The van der Waals surface area contributed by atoms with Crippen LogP contribution in [-0.4, -0.2) is 28.3 Å². The second-order valence-electron chi connectivity index (χ2n) is 5.56. The first kappa shape index (κ1) is 14.3. The van der Waals surface area contributed by atoms with Gasteiger partial charge in [-0.2, -0.15) is 10.3 Å². The lowest BCUT2D eigenvalue weighted by Gasteiger charge is -2.27. The zero-order chi connectivity index (χ0) is 14.8. The second kappa shape index (κ2) is 5.47. The molecule has 20 heavy (non-hydrogen) atoms. The van der Waals surface area contributed by atoms with Crippen molar-refractivity contribution in [2.24, 2.45) is 0 Å². The highest BCUT2D eigenvalue weighted by atomic mass is 16.7. The van der Waals surface area contributed by atoms with Crippen LogP contribution < -0.4 is 0 Å². The van der Waals surface area contributed by atoms with Crippen LogP contribution in [0, 0.1) is 11.3 Å². The van der Waals surface area contributed by atoms with E-state index in [9.17, 15) is 4.79 Å². The van der Waals surface area contributed by atoms with Crippen LogP contribution in [0.3, 0.4) is 0 Å². The molecule has 0 aromatic carbocycles. The molecule has 0 spiro atoms. The molecule has 0 aliphatic carbocycles. The Bertz CT molecular complexity index is 545. The van der Waals surface area contributed by atoms with E-state index in [1.807, 2.05) is 6.07 Å². The van der Waals surface area contributed by atoms with Crippen molar-refractivity contribution in [3.05, 3.63) is 29.6 Å². The molecule has 2 rings (SSSR count). The lowest BCUT2D eigenvalue weighted by molar-refractivity contribution is -0.125. The van der Waals surface area contributed by atoms with Gasteiger partial charge in [0, 0.05) is 18.8 Å². The Morgan fingerprint density at radius 3 is 2.95 bits per heavy atom. The third-order valence-electron chi connectivity index (χ3n) is 2.75. The maximum Gasteiger partial charge on any atom is 0.435 e. The van der Waals surface area contributed by atoms with Gasteiger partial charge >= 0.3 is 6.09 Å². The van der Waals surface area contributed by atoms with Gasteiger partial charge in [0.15, 0.2) is 0 Å². The maximum absolute atomic E-state index is 12.1. The quantitative estimate of drug-likeness (QED) is 0.787. The number of pyridine rings is 1. The van der Waals surface area contributed by atoms with Crippen LogP contribution in [0.25, 0.3) is 0 Å². The Labute approximate surface area is 117 Å². The van der Waals surface area contributed by atoms with Crippen molar-refractivity contribution >= 4 is 6.09 Å². The Morgan fingerprint density at radius 2 is 2.30 bits per heavy atom. The van der Waals surface area contributed by atoms with Gasteiger partial charge in [0.25, 0.3) is 0 Å². The number of ether oxygens (including phenoxy) is 1. The number of carbonyl (C=O) groups excluding carboxylic acids is 1. The van der Waals surface area contributed by atoms with E-state index in [0.717, 1.165) is 5.56 Å². The standard InChI is InChI=1S/C14H17N3O3/c1-14(2,3)20-13(18)17-12(4-5-19-17)11-6-10(7-15)8-16-9-11/h6,8-9,12H,4-5H2,1-3H3/t12-/m0/s1. The summed E-state index contributed by atoms with van der Waals surface area (Å²) in [5, 5.41) is 10.1. The summed E-state index contributed by atoms with van der Waals surface area (Å²) in [5.41, 5.74) is 0.645. The molecule has 106 valence electrons. The molecule has 0 saturated carbocycles. The molecule has 6 heteroatoms. The van der Waals surface area contributed by atoms with Crippen LogP contribution in [0.5, 0.6) is 0 Å². The van der Waals surface area contributed by atoms with Gasteiger partial charge in [0.05, 0.1) is 18.2 Å². The average molecular weight is 275 g/mol. The molecule has 0 N–H and O–H groups in total. The first-order chi connectivity index (χ1) is 9.40. The Hall–Kier alpha value is -2.13. The first-order valence-electron chi connectivity index (χ1n) is 6.41. The molecule has 1 fully saturated rings. The van der Waals surface area contributed by atoms with Crippen LogP contribution in [0.2, 0.25) is 0 Å². The normalized spacial score (nSPS) is 18.7. The van der Waals surface area contributed by atoms with E-state index in [1.54, 1.807) is 33.0 Å². The third-order valence-corrected chi connectivity index (χ3v) is 2.75. The van der Waals surface area contributed by atoms with Crippen molar-refractivity contribution in [3.63, 3.8) is 0 Å². The largest absolute Gasteiger partial charge is 0.442 e. The van der Waals surface area contributed by atoms with Crippen molar-refractivity contribution < 1.29 is 14.4 Å². The van der Waals surface area contributed by atoms with Crippen LogP contribution in [0.1, 0.15) is 44.4 Å². The second-order valence-corrected chi connectivity index (χ2v) is 5.56. The van der Waals surface area contributed by atoms with Gasteiger partial charge in [-0.25, -0.2) is 4.79 Å². The van der Waals surface area contributed by atoms with Crippen LogP contribution in [0.15, 0.2) is 18.5 Å². The van der Waals surface area contributed by atoms with Gasteiger partial charge in [0.1, 0.15) is 11.7 Å². The third kappa shape index (κ3) is 3.25. The maximum atomic E-state index is 12.1. The molecule has 2 heterocycles. The fraction of sp³-hybridized carbons (Fsp3) is 0.500. The number of nitrogens with zero attached hydrogens (tertiary/aromatic N) is 3. The van der Waals surface area contributed by atoms with Gasteiger partial charge in [-0.1, -0.05) is 0 Å². The van der Waals surface area contributed by atoms with E-state index in [0.29, 0.717) is 18.6 Å². The molecular formula is C14H17N3O3. The lowest BCUT2D eigenvalue weighted by atomic mass is 10.1. The van der Waals surface area contributed by atoms with Gasteiger partial charge < -0.3 is 4.74 Å². The minimum atomic E-state index is -0.583. The SMILES string of the molecule is CC(C)(C)OC(=O)N1OCC[C@H]1c1cncc(C#N)c1. The summed E-state index contributed by atoms with van der Waals surface area (Å²) in [5.74, 6) is 0. The Balaban J connectivity index is 2.19. The van der Waals surface area contributed by atoms with E-state index >= 15 is 0 Å². The van der Waals surface area contributed by atoms with Crippen molar-refractivity contribution in [1.82, 2.24) is 10.0 Å². The summed E-state index contributed by atoms with van der Waals surface area (Å²) < 4.78 is 5.31. The summed E-state index contributed by atoms with van der Waals surface area (Å²) in [6, 6.07) is 3.47. The summed E-state index contributed by atoms with van der Waals surface area (Å²) >= 11 is 0. The van der Waals surface area contributed by atoms with Crippen molar-refractivity contribution in [2.75, 3.05) is 6.61 Å². The van der Waals surface area contributed by atoms with E-state index in [1.165, 1.54) is 11.3 Å². The lowest BCUT2D eigenvalue weighted by Crippen LogP contribution is -2.35. The van der Waals surface area contributed by atoms with Gasteiger partial charge in [0.2, 0.25) is 0 Å². The van der Waals surface area contributed by atoms with Crippen molar-refractivity contribution in [1.29, 1.82) is 5.26 Å². The molecule has 6 nitrogen and oxygen atoms in total. The highest BCUT2D eigenvalue weighted by Gasteiger charge is 2.35. The molecule has 1 atom stereocenters. The molecule has 0 bridgehead atoms. The number of aromatic nitrogens is 1. The molecule has 0 unspecified atom stereocenters. The average Bonchev–Trinajstić information content (AvgIpc) is 2.86. The highest BCUT2D eigenvalue weighted by molar-refractivity contribution is 5.67. The number of hydroxylamine groups is 2. The molecular weight excluding hydrogens is 258 g/mol. The zero-order valence-corrected chi connectivity index (χ0v) is 11.8. The van der Waals surface area contributed by atoms with Crippen molar-refractivity contribution in [3.8, 4) is 6.07 Å². The Kier molecular flexibility index (Phi) is 3.91. The minimum Gasteiger partial charge on any atom is -0.442 e. The number of carbonyl (C=O) groups is 1. The number of nitriles is 1. The van der Waals surface area contributed by atoms with Gasteiger partial charge in [-0.3, -0.25) is 9.82 Å². The summed E-state index contributed by atoms with van der Waals surface area (Å²) in [6.07, 6.45) is 3.24. The zero-order valence-electron chi connectivity index (χ0n) is 11.8. The topological polar surface area (TPSA) is 75.4 Å². The predicted octanol–water partition coefficient (Wildman–Crippen LogP) is 2.57. The van der Waals surface area contributed by atoms with E-state index < -0.39 is 11.7 Å². The number of hydrogen-bond acceptors (Lipinski definition) is 5. The number of amides is 1. The predicted molar refractivity (Wildman–Crippen MR) is 70.3 cm³/mol. The number of rotatable bonds is 1. The van der Waals surface area contributed by atoms with Crippen LogP contribution in [-0.2, 0) is 9.57 Å².